The van der Waals surface area contributed by atoms with Crippen LogP contribution in [0.5, 0.6) is 0 Å². The molecule has 165 valence electrons. The predicted octanol–water partition coefficient (Wildman–Crippen LogP) is -7.74. The predicted molar refractivity (Wildman–Crippen MR) is 10.3 cm³/mol. The Balaban J connectivity index is -0.0000000476. The van der Waals surface area contributed by atoms with Crippen LogP contribution in [0.25, 0.3) is 0 Å². The average molecular weight is 646 g/mol. The quantitative estimate of drug-likeness (QED) is 0.221. The Labute approximate surface area is 160 Å². The van der Waals surface area contributed by atoms with Crippen LogP contribution in [0, 0.1) is 0 Å². The van der Waals surface area contributed by atoms with E-state index in [2.05, 4.69) is 0 Å². The normalized spacial score (nSPS) is 11.0. The maximum absolute atomic E-state index is 8.58. The van der Waals surface area contributed by atoms with Crippen molar-refractivity contribution in [1.82, 2.24) is 0 Å². The molecule has 0 saturated heterocycles. The molecule has 1 radical (unpaired) electrons. The number of hydrogen-bond donors (Lipinski definition) is 0. The van der Waals surface area contributed by atoms with Gasteiger partial charge in [-0.15, -0.1) is 0 Å². The first-order valence-electron chi connectivity index (χ1n) is 3.09. The van der Waals surface area contributed by atoms with Crippen molar-refractivity contribution in [3.63, 3.8) is 0 Å². The molecule has 0 aromatic rings. The van der Waals surface area contributed by atoms with Crippen LogP contribution >= 0.6 is 0 Å². The second-order valence-electron chi connectivity index (χ2n) is 1.89. The van der Waals surface area contributed by atoms with Crippen molar-refractivity contribution in [3.05, 3.63) is 0 Å². The monoisotopic (exact) mass is 646 g/mol. The standard InChI is InChI=1S/5Mn.20O.V/q;;;;;;;;;;;;;;;;;;;;5*-1;. The summed E-state index contributed by atoms with van der Waals surface area (Å²) in [6.45, 7) is 0. The van der Waals surface area contributed by atoms with E-state index >= 15 is 0 Å². The molecule has 0 spiro atoms. The van der Waals surface area contributed by atoms with Crippen LogP contribution < -0.4 is 20.9 Å². The number of hydrogen-bond acceptors (Lipinski definition) is 20. The maximum Gasteiger partial charge on any atom is 0 e. The minimum atomic E-state index is -5.62. The van der Waals surface area contributed by atoms with Gasteiger partial charge in [-0.1, -0.05) is 0 Å². The summed E-state index contributed by atoms with van der Waals surface area (Å²) in [4.78, 5) is 0. The molecule has 20 nitrogen and oxygen atoms in total. The summed E-state index contributed by atoms with van der Waals surface area (Å²) in [6.07, 6.45) is 0. The number of rotatable bonds is 0. The zero-order valence-corrected chi connectivity index (χ0v) is 17.8. The fraction of sp³-hybridized carbons (Fsp3) is 0. The second-order valence-corrected chi connectivity index (χ2v) is 7.79. The Morgan fingerprint density at radius 3 is 0.269 bits per heavy atom. The molecule has 0 rings (SSSR count). The fourth-order valence-electron chi connectivity index (χ4n) is 0. The van der Waals surface area contributed by atoms with E-state index in [-0.39, 0.29) is 18.6 Å². The minimum Gasteiger partial charge on any atom is 0 e. The van der Waals surface area contributed by atoms with Crippen molar-refractivity contribution < 1.29 is 162 Å². The molecule has 0 aliphatic heterocycles. The van der Waals surface area contributed by atoms with Gasteiger partial charge in [-0.3, -0.25) is 0 Å². The molecule has 0 fully saturated rings. The van der Waals surface area contributed by atoms with E-state index in [1.54, 1.807) is 0 Å². The van der Waals surface area contributed by atoms with Gasteiger partial charge in [0.05, 0.1) is 0 Å². The second kappa shape index (κ2) is 16.0. The Kier molecular flexibility index (Phi) is 25.0. The summed E-state index contributed by atoms with van der Waals surface area (Å²) in [5.41, 5.74) is 0. The molecule has 26 heteroatoms. The van der Waals surface area contributed by atoms with Crippen LogP contribution in [-0.4, -0.2) is 0 Å². The van der Waals surface area contributed by atoms with Gasteiger partial charge in [0.25, 0.3) is 0 Å². The van der Waals surface area contributed by atoms with Crippen molar-refractivity contribution in [3.8, 4) is 0 Å². The van der Waals surface area contributed by atoms with Crippen LogP contribution in [0.15, 0.2) is 0 Å². The van der Waals surface area contributed by atoms with Gasteiger partial charge in [-0.2, -0.15) is 0 Å². The third-order valence-electron chi connectivity index (χ3n) is 0. The Morgan fingerprint density at radius 2 is 0.269 bits per heavy atom. The van der Waals surface area contributed by atoms with Crippen LogP contribution in [0.1, 0.15) is 0 Å². The fourth-order valence-corrected chi connectivity index (χ4v) is 0. The van der Waals surface area contributed by atoms with E-state index in [0.717, 1.165) is 0 Å². The molecule has 0 amide bonds. The van der Waals surface area contributed by atoms with E-state index in [1.165, 1.54) is 0 Å². The first-order valence-corrected chi connectivity index (χ1v) is 12.7. The third-order valence-corrected chi connectivity index (χ3v) is 0. The Morgan fingerprint density at radius 1 is 0.269 bits per heavy atom. The zero-order chi connectivity index (χ0) is 22.5. The molecule has 0 atom stereocenters. The van der Waals surface area contributed by atoms with Crippen molar-refractivity contribution in [2.75, 3.05) is 0 Å². The molecule has 0 unspecified atom stereocenters. The van der Waals surface area contributed by atoms with E-state index in [0.29, 0.717) is 0 Å². The Hall–Kier alpha value is -0.0182. The summed E-state index contributed by atoms with van der Waals surface area (Å²) >= 11 is -28.1. The SMILES string of the molecule is [O]=[Mn](=[O])(=[O])[O-].[O]=[Mn](=[O])(=[O])[O-].[O]=[Mn](=[O])(=[O])[O-].[O]=[Mn](=[O])(=[O])[O-].[O]=[Mn](=[O])(=[O])[O-].[V]. The van der Waals surface area contributed by atoms with Gasteiger partial charge in [-0.05, 0) is 0 Å². The first kappa shape index (κ1) is 40.6. The largest absolute Gasteiger partial charge is 0 e. The molecule has 0 aliphatic carbocycles. The maximum atomic E-state index is 8.58. The smallest absolute Gasteiger partial charge is 0 e. The van der Waals surface area contributed by atoms with Crippen molar-refractivity contribution in [1.29, 1.82) is 0 Å². The molecule has 26 heavy (non-hydrogen) atoms. The zero-order valence-electron chi connectivity index (χ0n) is 10.5. The van der Waals surface area contributed by atoms with Gasteiger partial charge in [0, 0.05) is 18.6 Å². The van der Waals surface area contributed by atoms with Crippen molar-refractivity contribution >= 4 is 0 Å². The van der Waals surface area contributed by atoms with Gasteiger partial charge >= 0.3 is 143 Å². The molecule has 0 aliphatic rings. The van der Waals surface area contributed by atoms with E-state index in [9.17, 15) is 0 Å². The molecular weight excluding hydrogens is 646 g/mol. The molecule has 0 heterocycles. The van der Waals surface area contributed by atoms with Gasteiger partial charge in [0.15, 0.2) is 0 Å². The first-order chi connectivity index (χ1) is 10.0. The van der Waals surface area contributed by atoms with E-state index < -0.39 is 64.9 Å². The van der Waals surface area contributed by atoms with Crippen LogP contribution in [0.4, 0.5) is 0 Å². The molecule has 0 aromatic heterocycles. The summed E-state index contributed by atoms with van der Waals surface area (Å²) in [7, 11) is 0. The average Bonchev–Trinajstić information content (AvgIpc) is 1.79. The topological polar surface area (TPSA) is 371 Å². The van der Waals surface area contributed by atoms with Crippen molar-refractivity contribution in [2.45, 2.75) is 0 Å². The minimum absolute atomic E-state index is 0. The van der Waals surface area contributed by atoms with Gasteiger partial charge in [0.1, 0.15) is 0 Å². The molecular formula is Mn5O20V-5. The van der Waals surface area contributed by atoms with Gasteiger partial charge < -0.3 is 0 Å². The molecule has 0 saturated carbocycles. The van der Waals surface area contributed by atoms with Crippen LogP contribution in [0.3, 0.4) is 0 Å². The summed E-state index contributed by atoms with van der Waals surface area (Å²) in [6, 6.07) is 0. The molecule has 0 bridgehead atoms. The van der Waals surface area contributed by atoms with Gasteiger partial charge in [-0.25, -0.2) is 0 Å². The third kappa shape index (κ3) is 38300000. The van der Waals surface area contributed by atoms with Crippen LogP contribution in [-0.2, 0) is 141 Å². The van der Waals surface area contributed by atoms with E-state index in [4.69, 9.17) is 78.5 Å². The summed E-state index contributed by atoms with van der Waals surface area (Å²) in [5, 5.41) is 0. The molecule has 0 aromatic carbocycles. The molecule has 0 N–H and O–H groups in total. The summed E-state index contributed by atoms with van der Waals surface area (Å²) in [5.74, 6) is 0. The summed E-state index contributed by atoms with van der Waals surface area (Å²) < 4.78 is 172. The Bertz CT molecular complexity index is 874. The van der Waals surface area contributed by atoms with Crippen molar-refractivity contribution in [2.24, 2.45) is 0 Å². The van der Waals surface area contributed by atoms with E-state index in [1.807, 2.05) is 0 Å². The van der Waals surface area contributed by atoms with Gasteiger partial charge in [0.2, 0.25) is 0 Å². The van der Waals surface area contributed by atoms with Crippen LogP contribution in [0.2, 0.25) is 0 Å².